The molecule has 6 heteroatoms. The van der Waals surface area contributed by atoms with Crippen LogP contribution in [0.4, 0.5) is 4.79 Å². The van der Waals surface area contributed by atoms with E-state index in [0.29, 0.717) is 13.0 Å². The summed E-state index contributed by atoms with van der Waals surface area (Å²) in [6.07, 6.45) is 0.409. The molecule has 1 rings (SSSR count). The number of rotatable bonds is 6. The van der Waals surface area contributed by atoms with E-state index in [1.165, 1.54) is 0 Å². The van der Waals surface area contributed by atoms with Gasteiger partial charge in [-0.05, 0) is 18.1 Å². The third-order valence-electron chi connectivity index (χ3n) is 2.30. The summed E-state index contributed by atoms with van der Waals surface area (Å²) >= 11 is 0. The second-order valence-electron chi connectivity index (χ2n) is 3.71. The van der Waals surface area contributed by atoms with Crippen LogP contribution in [0.2, 0.25) is 0 Å². The number of phenols is 1. The predicted octanol–water partition coefficient (Wildman–Crippen LogP) is 0.709. The number of aliphatic carboxylic acids is 1. The number of carbonyl (C=O) groups is 2. The summed E-state index contributed by atoms with van der Waals surface area (Å²) in [5.74, 6) is -0.755. The molecular formula is C12H16N2O4. The molecule has 1 aromatic rings. The van der Waals surface area contributed by atoms with Crippen molar-refractivity contribution in [3.8, 4) is 5.75 Å². The van der Waals surface area contributed by atoms with Crippen LogP contribution >= 0.6 is 0 Å². The van der Waals surface area contributed by atoms with Gasteiger partial charge in [-0.25, -0.2) is 4.79 Å². The fourth-order valence-electron chi connectivity index (χ4n) is 1.38. The monoisotopic (exact) mass is 252 g/mol. The van der Waals surface area contributed by atoms with Gasteiger partial charge in [0.25, 0.3) is 0 Å². The Morgan fingerprint density at radius 1 is 1.11 bits per heavy atom. The van der Waals surface area contributed by atoms with Crippen LogP contribution in [-0.2, 0) is 11.2 Å². The van der Waals surface area contributed by atoms with E-state index in [1.807, 2.05) is 6.07 Å². The van der Waals surface area contributed by atoms with Gasteiger partial charge in [-0.3, -0.25) is 4.79 Å². The van der Waals surface area contributed by atoms with Crippen LogP contribution in [0.5, 0.6) is 5.75 Å². The standard InChI is InChI=1S/C12H16N2O4/c15-10-4-2-1-3-9(10)5-7-13-12(18)14-8-6-11(16)17/h1-4,15H,5-8H2,(H,16,17)(H2,13,14,18). The minimum atomic E-state index is -0.954. The summed E-state index contributed by atoms with van der Waals surface area (Å²) in [7, 11) is 0. The van der Waals surface area contributed by atoms with Gasteiger partial charge in [0.1, 0.15) is 5.75 Å². The van der Waals surface area contributed by atoms with E-state index in [9.17, 15) is 14.7 Å². The van der Waals surface area contributed by atoms with Gasteiger partial charge in [-0.2, -0.15) is 0 Å². The Labute approximate surface area is 105 Å². The Morgan fingerprint density at radius 3 is 2.44 bits per heavy atom. The Hall–Kier alpha value is -2.24. The Bertz CT molecular complexity index is 420. The molecule has 1 aromatic carbocycles. The molecule has 0 bridgehead atoms. The van der Waals surface area contributed by atoms with Gasteiger partial charge in [-0.1, -0.05) is 18.2 Å². The van der Waals surface area contributed by atoms with E-state index < -0.39 is 12.0 Å². The molecule has 0 fully saturated rings. The molecule has 0 spiro atoms. The first-order chi connectivity index (χ1) is 8.59. The molecule has 2 amide bonds. The van der Waals surface area contributed by atoms with Gasteiger partial charge in [-0.15, -0.1) is 0 Å². The molecule has 0 radical (unpaired) electrons. The van der Waals surface area contributed by atoms with E-state index in [0.717, 1.165) is 5.56 Å². The summed E-state index contributed by atoms with van der Waals surface area (Å²) < 4.78 is 0. The number of carboxylic acid groups (broad SMARTS) is 1. The second kappa shape index (κ2) is 7.16. The lowest BCUT2D eigenvalue weighted by atomic mass is 10.1. The average Bonchev–Trinajstić information content (AvgIpc) is 2.31. The predicted molar refractivity (Wildman–Crippen MR) is 65.5 cm³/mol. The highest BCUT2D eigenvalue weighted by atomic mass is 16.4. The third kappa shape index (κ3) is 5.20. The molecule has 98 valence electrons. The van der Waals surface area contributed by atoms with Crippen molar-refractivity contribution in [2.24, 2.45) is 0 Å². The number of phenolic OH excluding ortho intramolecular Hbond substituents is 1. The molecule has 6 nitrogen and oxygen atoms in total. The number of aromatic hydroxyl groups is 1. The number of hydrogen-bond acceptors (Lipinski definition) is 3. The van der Waals surface area contributed by atoms with Crippen molar-refractivity contribution >= 4 is 12.0 Å². The fraction of sp³-hybridized carbons (Fsp3) is 0.333. The van der Waals surface area contributed by atoms with Gasteiger partial charge >= 0.3 is 12.0 Å². The Balaban J connectivity index is 2.20. The van der Waals surface area contributed by atoms with Crippen molar-refractivity contribution < 1.29 is 19.8 Å². The van der Waals surface area contributed by atoms with E-state index in [2.05, 4.69) is 10.6 Å². The Kier molecular flexibility index (Phi) is 5.50. The first kappa shape index (κ1) is 13.8. The summed E-state index contributed by atoms with van der Waals surface area (Å²) in [6, 6.07) is 6.49. The highest BCUT2D eigenvalue weighted by molar-refractivity contribution is 5.74. The van der Waals surface area contributed by atoms with E-state index in [4.69, 9.17) is 5.11 Å². The van der Waals surface area contributed by atoms with Crippen LogP contribution in [0.1, 0.15) is 12.0 Å². The number of carbonyl (C=O) groups excluding carboxylic acids is 1. The molecule has 0 heterocycles. The number of nitrogens with one attached hydrogen (secondary N) is 2. The number of hydrogen-bond donors (Lipinski definition) is 4. The summed E-state index contributed by atoms with van der Waals surface area (Å²) in [5, 5.41) is 22.9. The van der Waals surface area contributed by atoms with Crippen molar-refractivity contribution in [3.63, 3.8) is 0 Å². The first-order valence-corrected chi connectivity index (χ1v) is 5.60. The molecule has 0 saturated heterocycles. The maximum absolute atomic E-state index is 11.2. The van der Waals surface area contributed by atoms with Crippen LogP contribution in [-0.4, -0.2) is 35.3 Å². The average molecular weight is 252 g/mol. The fourth-order valence-corrected chi connectivity index (χ4v) is 1.38. The van der Waals surface area contributed by atoms with Gasteiger partial charge in [0.05, 0.1) is 6.42 Å². The number of amides is 2. The summed E-state index contributed by atoms with van der Waals surface area (Å²) in [4.78, 5) is 21.4. The van der Waals surface area contributed by atoms with Crippen molar-refractivity contribution in [3.05, 3.63) is 29.8 Å². The topological polar surface area (TPSA) is 98.7 Å². The minimum absolute atomic E-state index is 0.0950. The van der Waals surface area contributed by atoms with Crippen molar-refractivity contribution in [2.75, 3.05) is 13.1 Å². The molecule has 0 aliphatic carbocycles. The first-order valence-electron chi connectivity index (χ1n) is 5.60. The normalized spacial score (nSPS) is 9.78. The van der Waals surface area contributed by atoms with Crippen molar-refractivity contribution in [2.45, 2.75) is 12.8 Å². The van der Waals surface area contributed by atoms with Gasteiger partial charge in [0, 0.05) is 13.1 Å². The zero-order chi connectivity index (χ0) is 13.4. The summed E-state index contributed by atoms with van der Waals surface area (Å²) in [5.41, 5.74) is 0.753. The van der Waals surface area contributed by atoms with E-state index >= 15 is 0 Å². The van der Waals surface area contributed by atoms with Crippen LogP contribution in [0.15, 0.2) is 24.3 Å². The van der Waals surface area contributed by atoms with Crippen LogP contribution in [0, 0.1) is 0 Å². The number of para-hydroxylation sites is 1. The third-order valence-corrected chi connectivity index (χ3v) is 2.30. The Morgan fingerprint density at radius 2 is 1.78 bits per heavy atom. The van der Waals surface area contributed by atoms with E-state index in [1.54, 1.807) is 18.2 Å². The largest absolute Gasteiger partial charge is 0.508 e. The molecule has 0 unspecified atom stereocenters. The van der Waals surface area contributed by atoms with Crippen LogP contribution < -0.4 is 10.6 Å². The molecule has 0 saturated carbocycles. The molecule has 4 N–H and O–H groups in total. The molecule has 0 aliphatic rings. The lowest BCUT2D eigenvalue weighted by Crippen LogP contribution is -2.37. The maximum atomic E-state index is 11.2. The summed E-state index contributed by atoms with van der Waals surface area (Å²) in [6.45, 7) is 0.466. The highest BCUT2D eigenvalue weighted by Crippen LogP contribution is 2.15. The highest BCUT2D eigenvalue weighted by Gasteiger charge is 2.03. The molecule has 0 aliphatic heterocycles. The molecule has 0 atom stereocenters. The molecule has 18 heavy (non-hydrogen) atoms. The quantitative estimate of drug-likeness (QED) is 0.599. The molecular weight excluding hydrogens is 236 g/mol. The lowest BCUT2D eigenvalue weighted by molar-refractivity contribution is -0.136. The minimum Gasteiger partial charge on any atom is -0.508 e. The zero-order valence-electron chi connectivity index (χ0n) is 9.85. The van der Waals surface area contributed by atoms with Crippen molar-refractivity contribution in [1.29, 1.82) is 0 Å². The van der Waals surface area contributed by atoms with Crippen molar-refractivity contribution in [1.82, 2.24) is 10.6 Å². The lowest BCUT2D eigenvalue weighted by Gasteiger charge is -2.07. The number of benzene rings is 1. The maximum Gasteiger partial charge on any atom is 0.314 e. The van der Waals surface area contributed by atoms with Gasteiger partial charge in [0.15, 0.2) is 0 Å². The van der Waals surface area contributed by atoms with Crippen LogP contribution in [0.25, 0.3) is 0 Å². The van der Waals surface area contributed by atoms with Crippen LogP contribution in [0.3, 0.4) is 0 Å². The number of carboxylic acids is 1. The molecule has 0 aromatic heterocycles. The van der Waals surface area contributed by atoms with E-state index in [-0.39, 0.29) is 18.7 Å². The van der Waals surface area contributed by atoms with Gasteiger partial charge in [0.2, 0.25) is 0 Å². The SMILES string of the molecule is O=C(O)CCNC(=O)NCCc1ccccc1O. The zero-order valence-corrected chi connectivity index (χ0v) is 9.85. The van der Waals surface area contributed by atoms with Gasteiger partial charge < -0.3 is 20.8 Å². The smallest absolute Gasteiger partial charge is 0.314 e. The number of urea groups is 1. The second-order valence-corrected chi connectivity index (χ2v) is 3.71.